The number of benzene rings is 1. The normalized spacial score (nSPS) is 11.1. The number of carbonyl (C=O) groups is 1. The maximum atomic E-state index is 12.2. The van der Waals surface area contributed by atoms with E-state index in [1.54, 1.807) is 0 Å². The Hall–Kier alpha value is -2.05. The number of nitrogens with one attached hydrogen (secondary N) is 1. The van der Waals surface area contributed by atoms with Gasteiger partial charge in [0.05, 0.1) is 19.2 Å². The molecule has 6 heteroatoms. The average Bonchev–Trinajstić information content (AvgIpc) is 3.06. The Balaban J connectivity index is 2.17. The van der Waals surface area contributed by atoms with Crippen molar-refractivity contribution >= 4 is 16.9 Å². The van der Waals surface area contributed by atoms with Crippen LogP contribution in [0.25, 0.3) is 10.9 Å². The molecule has 1 heterocycles. The molecule has 1 aromatic heterocycles. The van der Waals surface area contributed by atoms with E-state index >= 15 is 0 Å². The second-order valence-electron chi connectivity index (χ2n) is 6.67. The highest BCUT2D eigenvalue weighted by Gasteiger charge is 2.20. The fraction of sp³-hybridized carbons (Fsp3) is 0.571. The molecule has 6 nitrogen and oxygen atoms in total. The van der Waals surface area contributed by atoms with Gasteiger partial charge in [0.1, 0.15) is 11.4 Å². The number of hydrogen-bond acceptors (Lipinski definition) is 5. The summed E-state index contributed by atoms with van der Waals surface area (Å²) in [6, 6.07) is 5.84. The third kappa shape index (κ3) is 5.97. The number of aromatic amines is 1. The number of rotatable bonds is 13. The molecule has 3 N–H and O–H groups in total. The predicted octanol–water partition coefficient (Wildman–Crippen LogP) is 3.59. The highest BCUT2D eigenvalue weighted by molar-refractivity contribution is 6.00. The number of fused-ring (bicyclic) bond motifs is 1. The van der Waals surface area contributed by atoms with Gasteiger partial charge >= 0.3 is 5.97 Å². The van der Waals surface area contributed by atoms with Gasteiger partial charge in [0, 0.05) is 18.6 Å². The van der Waals surface area contributed by atoms with E-state index in [9.17, 15) is 4.79 Å². The van der Waals surface area contributed by atoms with Crippen LogP contribution in [-0.2, 0) is 11.2 Å². The first-order chi connectivity index (χ1) is 13.2. The highest BCUT2D eigenvalue weighted by atomic mass is 16.5. The molecular weight excluding hydrogens is 346 g/mol. The molecule has 0 spiro atoms. The number of unbranched alkanes of at least 4 members (excludes halogenated alkanes) is 5. The largest absolute Gasteiger partial charge is 0.491 e. The molecule has 0 atom stereocenters. The van der Waals surface area contributed by atoms with E-state index in [0.717, 1.165) is 73.6 Å². The number of carbonyl (C=O) groups excluding carboxylic acids is 1. The lowest BCUT2D eigenvalue weighted by atomic mass is 10.0. The lowest BCUT2D eigenvalue weighted by Crippen LogP contribution is -2.05. The van der Waals surface area contributed by atoms with E-state index in [4.69, 9.17) is 19.7 Å². The van der Waals surface area contributed by atoms with Crippen LogP contribution in [0, 0.1) is 0 Å². The van der Waals surface area contributed by atoms with Gasteiger partial charge in [0.25, 0.3) is 0 Å². The van der Waals surface area contributed by atoms with Gasteiger partial charge in [-0.1, -0.05) is 25.0 Å². The predicted molar refractivity (Wildman–Crippen MR) is 105 cm³/mol. The Bertz CT molecular complexity index is 710. The molecule has 0 aliphatic rings. The molecule has 0 aliphatic heterocycles. The number of aryl methyl sites for hydroxylation is 1. The molecule has 0 fully saturated rings. The van der Waals surface area contributed by atoms with Crippen molar-refractivity contribution in [2.75, 3.05) is 26.9 Å². The van der Waals surface area contributed by atoms with Gasteiger partial charge < -0.3 is 24.7 Å². The van der Waals surface area contributed by atoms with Crippen LogP contribution in [0.4, 0.5) is 0 Å². The van der Waals surface area contributed by atoms with Crippen LogP contribution in [0.3, 0.4) is 0 Å². The van der Waals surface area contributed by atoms with Crippen LogP contribution in [0.2, 0.25) is 0 Å². The van der Waals surface area contributed by atoms with Crippen molar-refractivity contribution in [3.63, 3.8) is 0 Å². The van der Waals surface area contributed by atoms with Gasteiger partial charge in [-0.05, 0) is 50.2 Å². The molecule has 0 aliphatic carbocycles. The van der Waals surface area contributed by atoms with Crippen molar-refractivity contribution in [1.82, 2.24) is 4.98 Å². The molecule has 1 aromatic carbocycles. The molecule has 2 rings (SSSR count). The summed E-state index contributed by atoms with van der Waals surface area (Å²) < 4.78 is 10.9. The molecule has 0 bridgehead atoms. The molecule has 0 radical (unpaired) electrons. The lowest BCUT2D eigenvalue weighted by molar-refractivity contribution is 0.0594. The minimum atomic E-state index is -0.370. The molecule has 0 unspecified atom stereocenters. The SMILES string of the molecule is COC(=O)c1[nH]c2c(OCCCCCO)cccc2c1CCCCCCO. The third-order valence-electron chi connectivity index (χ3n) is 4.69. The van der Waals surface area contributed by atoms with E-state index in [-0.39, 0.29) is 19.2 Å². The fourth-order valence-electron chi connectivity index (χ4n) is 3.24. The highest BCUT2D eigenvalue weighted by Crippen LogP contribution is 2.31. The van der Waals surface area contributed by atoms with E-state index in [2.05, 4.69) is 4.98 Å². The summed E-state index contributed by atoms with van der Waals surface area (Å²) in [5.41, 5.74) is 2.28. The summed E-state index contributed by atoms with van der Waals surface area (Å²) >= 11 is 0. The van der Waals surface area contributed by atoms with E-state index in [1.807, 2.05) is 18.2 Å². The van der Waals surface area contributed by atoms with Crippen LogP contribution in [0.15, 0.2) is 18.2 Å². The first kappa shape index (κ1) is 21.3. The number of ether oxygens (including phenoxy) is 2. The Morgan fingerprint density at radius 2 is 1.70 bits per heavy atom. The Labute approximate surface area is 160 Å². The average molecular weight is 377 g/mol. The first-order valence-electron chi connectivity index (χ1n) is 9.79. The number of hydrogen-bond donors (Lipinski definition) is 3. The van der Waals surface area contributed by atoms with Gasteiger partial charge in [0.2, 0.25) is 0 Å². The first-order valence-corrected chi connectivity index (χ1v) is 9.79. The maximum Gasteiger partial charge on any atom is 0.354 e. The quantitative estimate of drug-likeness (QED) is 0.366. The number of aromatic nitrogens is 1. The number of methoxy groups -OCH3 is 1. The smallest absolute Gasteiger partial charge is 0.354 e. The minimum absolute atomic E-state index is 0.205. The van der Waals surface area contributed by atoms with Crippen LogP contribution < -0.4 is 4.74 Å². The summed E-state index contributed by atoms with van der Waals surface area (Å²) in [7, 11) is 1.39. The van der Waals surface area contributed by atoms with Crippen molar-refractivity contribution in [3.05, 3.63) is 29.5 Å². The van der Waals surface area contributed by atoms with Crippen molar-refractivity contribution in [1.29, 1.82) is 0 Å². The lowest BCUT2D eigenvalue weighted by Gasteiger charge is -2.07. The number of para-hydroxylation sites is 1. The Morgan fingerprint density at radius 1 is 1.00 bits per heavy atom. The zero-order chi connectivity index (χ0) is 19.5. The summed E-state index contributed by atoms with van der Waals surface area (Å²) in [6.07, 6.45) is 7.10. The molecule has 27 heavy (non-hydrogen) atoms. The monoisotopic (exact) mass is 377 g/mol. The standard InChI is InChI=1S/C21H31NO5/c1-26-21(25)20-17(10-5-2-3-6-13-23)16-11-9-12-18(19(16)22-20)27-15-8-4-7-14-24/h9,11-12,22-24H,2-8,10,13-15H2,1H3. The van der Waals surface area contributed by atoms with E-state index < -0.39 is 0 Å². The van der Waals surface area contributed by atoms with Crippen LogP contribution in [-0.4, -0.2) is 48.1 Å². The zero-order valence-corrected chi connectivity index (χ0v) is 16.1. The molecule has 0 saturated heterocycles. The molecular formula is C21H31NO5. The van der Waals surface area contributed by atoms with Crippen LogP contribution in [0.5, 0.6) is 5.75 Å². The second kappa shape index (κ2) is 11.6. The summed E-state index contributed by atoms with van der Waals surface area (Å²) in [5, 5.41) is 18.7. The number of esters is 1. The second-order valence-corrected chi connectivity index (χ2v) is 6.67. The molecule has 0 saturated carbocycles. The van der Waals surface area contributed by atoms with Crippen molar-refractivity contribution in [3.8, 4) is 5.75 Å². The van der Waals surface area contributed by atoms with Crippen molar-refractivity contribution < 1.29 is 24.5 Å². The third-order valence-corrected chi connectivity index (χ3v) is 4.69. The topological polar surface area (TPSA) is 91.8 Å². The summed E-state index contributed by atoms with van der Waals surface area (Å²) in [6.45, 7) is 0.998. The van der Waals surface area contributed by atoms with Crippen LogP contribution in [0.1, 0.15) is 61.0 Å². The number of aliphatic hydroxyl groups is 2. The molecule has 2 aromatic rings. The Morgan fingerprint density at radius 3 is 2.41 bits per heavy atom. The zero-order valence-electron chi connectivity index (χ0n) is 16.1. The molecule has 0 amide bonds. The number of H-pyrrole nitrogens is 1. The van der Waals surface area contributed by atoms with Gasteiger partial charge in [-0.15, -0.1) is 0 Å². The van der Waals surface area contributed by atoms with Gasteiger partial charge in [-0.25, -0.2) is 4.79 Å². The minimum Gasteiger partial charge on any atom is -0.491 e. The fourth-order valence-corrected chi connectivity index (χ4v) is 3.24. The van der Waals surface area contributed by atoms with Crippen LogP contribution >= 0.6 is 0 Å². The van der Waals surface area contributed by atoms with E-state index in [1.165, 1.54) is 7.11 Å². The van der Waals surface area contributed by atoms with Crippen molar-refractivity contribution in [2.24, 2.45) is 0 Å². The van der Waals surface area contributed by atoms with Crippen molar-refractivity contribution in [2.45, 2.75) is 51.4 Å². The van der Waals surface area contributed by atoms with E-state index in [0.29, 0.717) is 12.3 Å². The molecule has 150 valence electrons. The maximum absolute atomic E-state index is 12.2. The summed E-state index contributed by atoms with van der Waals surface area (Å²) in [4.78, 5) is 15.4. The van der Waals surface area contributed by atoms with Gasteiger partial charge in [-0.2, -0.15) is 0 Å². The Kier molecular flexibility index (Phi) is 9.15. The summed E-state index contributed by atoms with van der Waals surface area (Å²) in [5.74, 6) is 0.360. The van der Waals surface area contributed by atoms with Gasteiger partial charge in [-0.3, -0.25) is 0 Å². The van der Waals surface area contributed by atoms with Gasteiger partial charge in [0.15, 0.2) is 0 Å². The number of aliphatic hydroxyl groups excluding tert-OH is 2.